The maximum Gasteiger partial charge on any atom is 0.257 e. The summed E-state index contributed by atoms with van der Waals surface area (Å²) in [7, 11) is 1.91. The second-order valence-electron chi connectivity index (χ2n) is 6.47. The molecule has 5 rings (SSSR count). The second-order valence-corrected chi connectivity index (χ2v) is 6.47. The van der Waals surface area contributed by atoms with Gasteiger partial charge in [-0.3, -0.25) is 9.08 Å². The molecule has 132 valence electrons. The van der Waals surface area contributed by atoms with E-state index in [1.807, 2.05) is 55.0 Å². The maximum absolute atomic E-state index is 4.69. The highest BCUT2D eigenvalue weighted by Crippen LogP contribution is 2.28. The minimum absolute atomic E-state index is 0.581. The Balaban J connectivity index is 1.62. The fourth-order valence-corrected chi connectivity index (χ4v) is 3.31. The van der Waals surface area contributed by atoms with Gasteiger partial charge in [-0.25, -0.2) is 0 Å². The van der Waals surface area contributed by atoms with Crippen molar-refractivity contribution in [3.63, 3.8) is 0 Å². The van der Waals surface area contributed by atoms with Crippen molar-refractivity contribution in [3.8, 4) is 11.1 Å². The molecule has 0 aliphatic rings. The predicted molar refractivity (Wildman–Crippen MR) is 105 cm³/mol. The quantitative estimate of drug-likeness (QED) is 0.534. The van der Waals surface area contributed by atoms with Crippen molar-refractivity contribution in [1.82, 2.24) is 29.4 Å². The van der Waals surface area contributed by atoms with Crippen LogP contribution in [-0.4, -0.2) is 29.4 Å². The van der Waals surface area contributed by atoms with Crippen molar-refractivity contribution in [2.75, 3.05) is 5.32 Å². The van der Waals surface area contributed by atoms with Gasteiger partial charge in [-0.15, -0.1) is 10.2 Å². The van der Waals surface area contributed by atoms with Gasteiger partial charge >= 0.3 is 0 Å². The van der Waals surface area contributed by atoms with Crippen molar-refractivity contribution in [2.45, 2.75) is 6.92 Å². The van der Waals surface area contributed by atoms with Gasteiger partial charge < -0.3 is 5.32 Å². The first kappa shape index (κ1) is 15.5. The van der Waals surface area contributed by atoms with Crippen molar-refractivity contribution in [2.24, 2.45) is 7.05 Å². The fourth-order valence-electron chi connectivity index (χ4n) is 3.31. The summed E-state index contributed by atoms with van der Waals surface area (Å²) < 4.78 is 3.76. The smallest absolute Gasteiger partial charge is 0.257 e. The molecule has 3 heterocycles. The molecule has 0 aliphatic heterocycles. The maximum atomic E-state index is 4.69. The van der Waals surface area contributed by atoms with Gasteiger partial charge in [0.2, 0.25) is 0 Å². The van der Waals surface area contributed by atoms with Gasteiger partial charge in [0.15, 0.2) is 0 Å². The number of aromatic nitrogens is 6. The summed E-state index contributed by atoms with van der Waals surface area (Å²) in [4.78, 5) is 4.69. The van der Waals surface area contributed by atoms with Crippen LogP contribution in [0, 0.1) is 6.92 Å². The number of hydrogen-bond acceptors (Lipinski definition) is 5. The SMILES string of the molecule is Cc1nnc2nc(Nc3cccc(-c4cnn(C)c4)c3)c3ccccc3n12. The molecule has 27 heavy (non-hydrogen) atoms. The summed E-state index contributed by atoms with van der Waals surface area (Å²) in [5.74, 6) is 2.16. The highest BCUT2D eigenvalue weighted by molar-refractivity contribution is 5.93. The van der Waals surface area contributed by atoms with Crippen molar-refractivity contribution in [3.05, 3.63) is 66.7 Å². The molecule has 0 saturated heterocycles. The molecule has 0 fully saturated rings. The fraction of sp³-hybridized carbons (Fsp3) is 0.100. The van der Waals surface area contributed by atoms with E-state index in [1.165, 1.54) is 0 Å². The van der Waals surface area contributed by atoms with Crippen LogP contribution in [0.1, 0.15) is 5.82 Å². The predicted octanol–water partition coefficient (Wildman–Crippen LogP) is 3.73. The van der Waals surface area contributed by atoms with Gasteiger partial charge in [-0.05, 0) is 36.8 Å². The summed E-state index contributed by atoms with van der Waals surface area (Å²) in [6, 6.07) is 16.3. The van der Waals surface area contributed by atoms with Crippen LogP contribution in [0.15, 0.2) is 60.9 Å². The van der Waals surface area contributed by atoms with E-state index in [4.69, 9.17) is 0 Å². The summed E-state index contributed by atoms with van der Waals surface area (Å²) in [5, 5.41) is 17.1. The molecule has 0 saturated carbocycles. The first-order valence-corrected chi connectivity index (χ1v) is 8.65. The van der Waals surface area contributed by atoms with E-state index in [-0.39, 0.29) is 0 Å². The molecule has 3 aromatic heterocycles. The molecule has 0 spiro atoms. The lowest BCUT2D eigenvalue weighted by Gasteiger charge is -2.11. The third kappa shape index (κ3) is 2.60. The molecule has 0 aliphatic carbocycles. The number of aryl methyl sites for hydroxylation is 2. The van der Waals surface area contributed by atoms with Crippen LogP contribution >= 0.6 is 0 Å². The molecular formula is C20H17N7. The van der Waals surface area contributed by atoms with Crippen LogP contribution in [-0.2, 0) is 7.05 Å². The Kier molecular flexibility index (Phi) is 3.39. The molecule has 5 aromatic rings. The monoisotopic (exact) mass is 355 g/mol. The lowest BCUT2D eigenvalue weighted by atomic mass is 10.1. The molecule has 0 unspecified atom stereocenters. The average molecular weight is 355 g/mol. The lowest BCUT2D eigenvalue weighted by Crippen LogP contribution is -2.00. The minimum Gasteiger partial charge on any atom is -0.340 e. The molecule has 0 amide bonds. The summed E-state index contributed by atoms with van der Waals surface area (Å²) in [6.07, 6.45) is 3.86. The average Bonchev–Trinajstić information content (AvgIpc) is 3.28. The summed E-state index contributed by atoms with van der Waals surface area (Å²) in [5.41, 5.74) is 4.14. The van der Waals surface area contributed by atoms with Crippen molar-refractivity contribution in [1.29, 1.82) is 0 Å². The van der Waals surface area contributed by atoms with Crippen LogP contribution in [0.2, 0.25) is 0 Å². The molecule has 7 nitrogen and oxygen atoms in total. The summed E-state index contributed by atoms with van der Waals surface area (Å²) in [6.45, 7) is 1.93. The van der Waals surface area contributed by atoms with E-state index in [0.717, 1.165) is 39.4 Å². The van der Waals surface area contributed by atoms with Gasteiger partial charge in [0.1, 0.15) is 11.6 Å². The molecule has 7 heteroatoms. The largest absolute Gasteiger partial charge is 0.340 e. The minimum atomic E-state index is 0.581. The first-order chi connectivity index (χ1) is 13.2. The number of benzene rings is 2. The van der Waals surface area contributed by atoms with E-state index in [0.29, 0.717) is 5.78 Å². The third-order valence-electron chi connectivity index (χ3n) is 4.58. The number of fused-ring (bicyclic) bond motifs is 3. The second kappa shape index (κ2) is 5.91. The Bertz CT molecular complexity index is 1280. The number of anilines is 2. The van der Waals surface area contributed by atoms with Crippen LogP contribution < -0.4 is 5.32 Å². The lowest BCUT2D eigenvalue weighted by molar-refractivity contribution is 0.768. The zero-order chi connectivity index (χ0) is 18.4. The number of nitrogens with zero attached hydrogens (tertiary/aromatic N) is 6. The number of para-hydroxylation sites is 1. The van der Waals surface area contributed by atoms with Gasteiger partial charge in [0.05, 0.1) is 11.7 Å². The number of nitrogens with one attached hydrogen (secondary N) is 1. The van der Waals surface area contributed by atoms with Crippen LogP contribution in [0.4, 0.5) is 11.5 Å². The Morgan fingerprint density at radius 3 is 2.70 bits per heavy atom. The van der Waals surface area contributed by atoms with E-state index in [2.05, 4.69) is 49.9 Å². The number of rotatable bonds is 3. The zero-order valence-electron chi connectivity index (χ0n) is 15.0. The Morgan fingerprint density at radius 1 is 0.963 bits per heavy atom. The highest BCUT2D eigenvalue weighted by Gasteiger charge is 2.12. The van der Waals surface area contributed by atoms with Crippen molar-refractivity contribution >= 4 is 28.2 Å². The van der Waals surface area contributed by atoms with Crippen LogP contribution in [0.5, 0.6) is 0 Å². The van der Waals surface area contributed by atoms with E-state index >= 15 is 0 Å². The van der Waals surface area contributed by atoms with E-state index in [9.17, 15) is 0 Å². The first-order valence-electron chi connectivity index (χ1n) is 8.65. The normalized spacial score (nSPS) is 11.3. The zero-order valence-corrected chi connectivity index (χ0v) is 15.0. The standard InChI is InChI=1S/C20H17N7/c1-13-24-25-20-23-19(17-8-3-4-9-18(17)27(13)20)22-16-7-5-6-14(10-16)15-11-21-26(2)12-15/h3-12H,1-2H3,(H,22,23,25). The Hall–Kier alpha value is -3.74. The van der Waals surface area contributed by atoms with Gasteiger partial charge in [0, 0.05) is 29.9 Å². The topological polar surface area (TPSA) is 72.9 Å². The summed E-state index contributed by atoms with van der Waals surface area (Å²) >= 11 is 0. The Morgan fingerprint density at radius 2 is 1.85 bits per heavy atom. The Labute approximate surface area is 155 Å². The van der Waals surface area contributed by atoms with Crippen molar-refractivity contribution < 1.29 is 0 Å². The highest BCUT2D eigenvalue weighted by atomic mass is 15.3. The molecule has 0 radical (unpaired) electrons. The molecule has 2 aromatic carbocycles. The van der Waals surface area contributed by atoms with Gasteiger partial charge in [-0.1, -0.05) is 24.3 Å². The molecule has 1 N–H and O–H groups in total. The van der Waals surface area contributed by atoms with Crippen LogP contribution in [0.3, 0.4) is 0 Å². The van der Waals surface area contributed by atoms with E-state index < -0.39 is 0 Å². The number of hydrogen-bond donors (Lipinski definition) is 1. The van der Waals surface area contributed by atoms with Crippen LogP contribution in [0.25, 0.3) is 27.8 Å². The van der Waals surface area contributed by atoms with Gasteiger partial charge in [0.25, 0.3) is 5.78 Å². The third-order valence-corrected chi connectivity index (χ3v) is 4.58. The van der Waals surface area contributed by atoms with E-state index in [1.54, 1.807) is 4.68 Å². The molecule has 0 atom stereocenters. The van der Waals surface area contributed by atoms with Gasteiger partial charge in [-0.2, -0.15) is 10.1 Å². The molecular weight excluding hydrogens is 338 g/mol. The molecule has 0 bridgehead atoms.